The van der Waals surface area contributed by atoms with Crippen molar-refractivity contribution in [1.82, 2.24) is 0 Å². The largest absolute Gasteiger partial charge is 0.491 e. The second-order valence-electron chi connectivity index (χ2n) is 3.14. The van der Waals surface area contributed by atoms with Gasteiger partial charge in [-0.15, -0.1) is 0 Å². The van der Waals surface area contributed by atoms with Crippen LogP contribution < -0.4 is 0 Å². The lowest BCUT2D eigenvalue weighted by Gasteiger charge is -2.06. The summed E-state index contributed by atoms with van der Waals surface area (Å²) < 4.78 is 30.4. The number of ether oxygens (including phenoxy) is 1. The smallest absolute Gasteiger partial charge is 0.305 e. The fourth-order valence-corrected chi connectivity index (χ4v) is 1.16. The third-order valence-corrected chi connectivity index (χ3v) is 1.85. The number of hydrogen-bond acceptors (Lipinski definition) is 1. The average molecular weight is 162 g/mol. The van der Waals surface area contributed by atoms with Gasteiger partial charge in [0.2, 0.25) is 0 Å². The number of hydrogen-bond donors (Lipinski definition) is 0. The van der Waals surface area contributed by atoms with Gasteiger partial charge in [-0.25, -0.2) is 0 Å². The monoisotopic (exact) mass is 162 g/mol. The Balaban J connectivity index is 2.90. The van der Waals surface area contributed by atoms with Gasteiger partial charge in [-0.1, -0.05) is 13.8 Å². The standard InChI is InChI=1S/C8H12F2O/c1-5(2)7-6(3)8(9,10)4-11-7/h5H,4H2,1-3H3. The van der Waals surface area contributed by atoms with Crippen LogP contribution in [0.4, 0.5) is 8.78 Å². The van der Waals surface area contributed by atoms with Crippen LogP contribution in [0.25, 0.3) is 0 Å². The van der Waals surface area contributed by atoms with Gasteiger partial charge in [0, 0.05) is 11.5 Å². The maximum atomic E-state index is 12.8. The molecule has 0 unspecified atom stereocenters. The molecule has 0 fully saturated rings. The summed E-state index contributed by atoms with van der Waals surface area (Å²) in [5, 5.41) is 0. The molecule has 0 aromatic carbocycles. The minimum Gasteiger partial charge on any atom is -0.491 e. The predicted octanol–water partition coefficient (Wildman–Crippen LogP) is 2.58. The van der Waals surface area contributed by atoms with E-state index in [0.717, 1.165) is 0 Å². The molecule has 0 saturated carbocycles. The molecule has 1 aliphatic heterocycles. The quantitative estimate of drug-likeness (QED) is 0.575. The van der Waals surface area contributed by atoms with Crippen LogP contribution in [-0.2, 0) is 4.74 Å². The number of halogens is 2. The fourth-order valence-electron chi connectivity index (χ4n) is 1.16. The lowest BCUT2D eigenvalue weighted by atomic mass is 10.1. The van der Waals surface area contributed by atoms with E-state index in [9.17, 15) is 8.78 Å². The molecular weight excluding hydrogens is 150 g/mol. The molecule has 1 nitrogen and oxygen atoms in total. The van der Waals surface area contributed by atoms with Crippen molar-refractivity contribution in [3.05, 3.63) is 11.3 Å². The SMILES string of the molecule is CC1=C(C(C)C)OCC1(F)F. The van der Waals surface area contributed by atoms with Gasteiger partial charge < -0.3 is 4.74 Å². The van der Waals surface area contributed by atoms with Crippen LogP contribution in [0, 0.1) is 5.92 Å². The summed E-state index contributed by atoms with van der Waals surface area (Å²) in [4.78, 5) is 0. The second-order valence-corrected chi connectivity index (χ2v) is 3.14. The molecule has 0 spiro atoms. The summed E-state index contributed by atoms with van der Waals surface area (Å²) in [6.45, 7) is 4.65. The average Bonchev–Trinajstić information content (AvgIpc) is 2.09. The minimum absolute atomic E-state index is 0.0587. The molecule has 0 aromatic rings. The van der Waals surface area contributed by atoms with Gasteiger partial charge in [0.05, 0.1) is 0 Å². The molecule has 0 amide bonds. The van der Waals surface area contributed by atoms with Crippen molar-refractivity contribution in [3.8, 4) is 0 Å². The van der Waals surface area contributed by atoms with E-state index in [4.69, 9.17) is 4.74 Å². The molecule has 1 heterocycles. The van der Waals surface area contributed by atoms with Gasteiger partial charge in [0.25, 0.3) is 0 Å². The summed E-state index contributed by atoms with van der Waals surface area (Å²) in [5.41, 5.74) is 0.0903. The highest BCUT2D eigenvalue weighted by atomic mass is 19.3. The van der Waals surface area contributed by atoms with Crippen LogP contribution in [0.1, 0.15) is 20.8 Å². The summed E-state index contributed by atoms with van der Waals surface area (Å²) >= 11 is 0. The molecule has 0 radical (unpaired) electrons. The van der Waals surface area contributed by atoms with Gasteiger partial charge >= 0.3 is 5.92 Å². The molecular formula is C8H12F2O. The molecule has 11 heavy (non-hydrogen) atoms. The molecule has 0 bridgehead atoms. The lowest BCUT2D eigenvalue weighted by molar-refractivity contribution is 0.00169. The van der Waals surface area contributed by atoms with Crippen LogP contribution >= 0.6 is 0 Å². The van der Waals surface area contributed by atoms with Crippen LogP contribution in [0.2, 0.25) is 0 Å². The number of allylic oxidation sites excluding steroid dienone is 1. The van der Waals surface area contributed by atoms with E-state index in [-0.39, 0.29) is 11.5 Å². The number of rotatable bonds is 1. The third-order valence-electron chi connectivity index (χ3n) is 1.85. The van der Waals surface area contributed by atoms with Crippen molar-refractivity contribution in [2.45, 2.75) is 26.7 Å². The van der Waals surface area contributed by atoms with E-state index >= 15 is 0 Å². The maximum absolute atomic E-state index is 12.8. The first-order valence-corrected chi connectivity index (χ1v) is 3.67. The zero-order valence-corrected chi connectivity index (χ0v) is 6.95. The second kappa shape index (κ2) is 2.47. The Bertz CT molecular complexity index is 194. The first-order chi connectivity index (χ1) is 4.95. The number of alkyl halides is 2. The molecule has 0 atom stereocenters. The van der Waals surface area contributed by atoms with E-state index in [1.807, 2.05) is 13.8 Å². The summed E-state index contributed by atoms with van der Waals surface area (Å²) in [6.07, 6.45) is 0. The zero-order chi connectivity index (χ0) is 8.65. The Morgan fingerprint density at radius 2 is 2.00 bits per heavy atom. The summed E-state index contributed by atoms with van der Waals surface area (Å²) in [5.74, 6) is -2.22. The van der Waals surface area contributed by atoms with Gasteiger partial charge in [-0.3, -0.25) is 0 Å². The normalized spacial score (nSPS) is 22.7. The van der Waals surface area contributed by atoms with Crippen molar-refractivity contribution < 1.29 is 13.5 Å². The van der Waals surface area contributed by atoms with E-state index in [1.54, 1.807) is 0 Å². The zero-order valence-electron chi connectivity index (χ0n) is 6.95. The Hall–Kier alpha value is -0.600. The Morgan fingerprint density at radius 3 is 2.18 bits per heavy atom. The van der Waals surface area contributed by atoms with Crippen molar-refractivity contribution in [2.24, 2.45) is 5.92 Å². The molecule has 0 N–H and O–H groups in total. The molecule has 1 aliphatic rings. The van der Waals surface area contributed by atoms with E-state index in [1.165, 1.54) is 6.92 Å². The molecule has 0 saturated heterocycles. The van der Waals surface area contributed by atoms with Crippen molar-refractivity contribution in [2.75, 3.05) is 6.61 Å². The molecule has 0 aromatic heterocycles. The molecule has 64 valence electrons. The lowest BCUT2D eigenvalue weighted by Crippen LogP contribution is -2.17. The maximum Gasteiger partial charge on any atom is 0.305 e. The van der Waals surface area contributed by atoms with Crippen LogP contribution in [0.3, 0.4) is 0 Å². The van der Waals surface area contributed by atoms with Gasteiger partial charge in [0.1, 0.15) is 5.76 Å². The van der Waals surface area contributed by atoms with E-state index in [2.05, 4.69) is 0 Å². The van der Waals surface area contributed by atoms with Gasteiger partial charge in [0.15, 0.2) is 6.61 Å². The van der Waals surface area contributed by atoms with E-state index in [0.29, 0.717) is 5.76 Å². The van der Waals surface area contributed by atoms with Crippen molar-refractivity contribution in [3.63, 3.8) is 0 Å². The summed E-state index contributed by atoms with van der Waals surface area (Å²) in [6, 6.07) is 0. The van der Waals surface area contributed by atoms with Crippen molar-refractivity contribution >= 4 is 0 Å². The topological polar surface area (TPSA) is 9.23 Å². The minimum atomic E-state index is -2.74. The van der Waals surface area contributed by atoms with Gasteiger partial charge in [-0.2, -0.15) is 8.78 Å². The highest BCUT2D eigenvalue weighted by Crippen LogP contribution is 2.36. The molecule has 3 heteroatoms. The first kappa shape index (κ1) is 8.50. The third kappa shape index (κ3) is 1.37. The highest BCUT2D eigenvalue weighted by molar-refractivity contribution is 5.21. The summed E-state index contributed by atoms with van der Waals surface area (Å²) in [7, 11) is 0. The fraction of sp³-hybridized carbons (Fsp3) is 0.750. The van der Waals surface area contributed by atoms with Crippen LogP contribution in [0.5, 0.6) is 0 Å². The Labute approximate surface area is 65.0 Å². The molecule has 0 aliphatic carbocycles. The first-order valence-electron chi connectivity index (χ1n) is 3.67. The van der Waals surface area contributed by atoms with Crippen molar-refractivity contribution in [1.29, 1.82) is 0 Å². The highest BCUT2D eigenvalue weighted by Gasteiger charge is 2.41. The Morgan fingerprint density at radius 1 is 1.45 bits per heavy atom. The van der Waals surface area contributed by atoms with Crippen LogP contribution in [-0.4, -0.2) is 12.5 Å². The van der Waals surface area contributed by atoms with Crippen LogP contribution in [0.15, 0.2) is 11.3 Å². The van der Waals surface area contributed by atoms with Gasteiger partial charge in [-0.05, 0) is 6.92 Å². The van der Waals surface area contributed by atoms with E-state index < -0.39 is 12.5 Å². The Kier molecular flexibility index (Phi) is 1.90. The molecule has 1 rings (SSSR count). The predicted molar refractivity (Wildman–Crippen MR) is 38.4 cm³/mol.